The minimum atomic E-state index is -0.276. The van der Waals surface area contributed by atoms with Crippen LogP contribution < -0.4 is 5.32 Å². The molecule has 2 aromatic carbocycles. The van der Waals surface area contributed by atoms with Crippen molar-refractivity contribution in [3.8, 4) is 11.4 Å². The molecule has 8 heteroatoms. The Morgan fingerprint density at radius 2 is 1.92 bits per heavy atom. The van der Waals surface area contributed by atoms with Crippen LogP contribution in [-0.2, 0) is 11.3 Å². The van der Waals surface area contributed by atoms with Crippen LogP contribution in [0, 0.1) is 0 Å². The summed E-state index contributed by atoms with van der Waals surface area (Å²) in [6.07, 6.45) is 0. The number of hydrogen-bond donors (Lipinski definition) is 1. The van der Waals surface area contributed by atoms with Gasteiger partial charge in [0, 0.05) is 15.5 Å². The summed E-state index contributed by atoms with van der Waals surface area (Å²) >= 11 is 13.4. The van der Waals surface area contributed by atoms with E-state index in [1.54, 1.807) is 24.3 Å². The predicted molar refractivity (Wildman–Crippen MR) is 103 cm³/mol. The number of hydrogen-bond acceptors (Lipinski definition) is 5. The third-order valence-electron chi connectivity index (χ3n) is 3.49. The fraction of sp³-hybridized carbons (Fsp3) is 0.167. The van der Waals surface area contributed by atoms with Gasteiger partial charge in [-0.05, 0) is 43.3 Å². The second-order valence-electron chi connectivity index (χ2n) is 5.42. The molecule has 0 radical (unpaired) electrons. The van der Waals surface area contributed by atoms with Crippen molar-refractivity contribution in [3.63, 3.8) is 0 Å². The molecule has 3 rings (SSSR count). The van der Waals surface area contributed by atoms with E-state index in [-0.39, 0.29) is 17.7 Å². The van der Waals surface area contributed by atoms with Gasteiger partial charge in [-0.1, -0.05) is 40.5 Å². The fourth-order valence-corrected chi connectivity index (χ4v) is 3.39. The summed E-state index contributed by atoms with van der Waals surface area (Å²) in [5, 5.41) is 7.63. The van der Waals surface area contributed by atoms with E-state index in [4.69, 9.17) is 27.7 Å². The van der Waals surface area contributed by atoms with E-state index in [0.717, 1.165) is 4.90 Å². The van der Waals surface area contributed by atoms with Crippen molar-refractivity contribution in [3.05, 3.63) is 64.5 Å². The van der Waals surface area contributed by atoms with Gasteiger partial charge in [-0.25, -0.2) is 0 Å². The molecule has 1 amide bonds. The van der Waals surface area contributed by atoms with Gasteiger partial charge in [-0.2, -0.15) is 4.98 Å². The summed E-state index contributed by atoms with van der Waals surface area (Å²) < 4.78 is 5.18. The first-order chi connectivity index (χ1) is 12.5. The molecular weight excluding hydrogens is 393 g/mol. The largest absolute Gasteiger partial charge is 0.346 e. The van der Waals surface area contributed by atoms with Crippen LogP contribution in [0.4, 0.5) is 0 Å². The molecule has 1 atom stereocenters. The van der Waals surface area contributed by atoms with Crippen molar-refractivity contribution in [2.75, 3.05) is 0 Å². The Kier molecular flexibility index (Phi) is 6.19. The van der Waals surface area contributed by atoms with Gasteiger partial charge < -0.3 is 9.84 Å². The lowest BCUT2D eigenvalue weighted by molar-refractivity contribution is -0.120. The number of carbonyl (C=O) groups excluding carboxylic acids is 1. The van der Waals surface area contributed by atoms with Crippen LogP contribution in [-0.4, -0.2) is 21.3 Å². The number of nitrogens with one attached hydrogen (secondary N) is 1. The van der Waals surface area contributed by atoms with Gasteiger partial charge in [0.05, 0.1) is 16.8 Å². The van der Waals surface area contributed by atoms with Crippen molar-refractivity contribution >= 4 is 40.9 Å². The molecule has 1 unspecified atom stereocenters. The predicted octanol–water partition coefficient (Wildman–Crippen LogP) is 4.84. The van der Waals surface area contributed by atoms with Crippen molar-refractivity contribution in [2.45, 2.75) is 23.6 Å². The molecule has 0 aliphatic rings. The Hall–Kier alpha value is -2.02. The highest BCUT2D eigenvalue weighted by atomic mass is 35.5. The number of benzene rings is 2. The van der Waals surface area contributed by atoms with E-state index in [2.05, 4.69) is 15.5 Å². The highest BCUT2D eigenvalue weighted by Gasteiger charge is 2.16. The number of thioether (sulfide) groups is 1. The summed E-state index contributed by atoms with van der Waals surface area (Å²) in [4.78, 5) is 17.5. The van der Waals surface area contributed by atoms with E-state index in [1.807, 2.05) is 31.2 Å². The lowest BCUT2D eigenvalue weighted by Crippen LogP contribution is -2.30. The number of rotatable bonds is 6. The van der Waals surface area contributed by atoms with Crippen molar-refractivity contribution in [1.82, 2.24) is 15.5 Å². The molecule has 0 saturated carbocycles. The summed E-state index contributed by atoms with van der Waals surface area (Å²) in [5.41, 5.74) is 0.683. The first-order valence-corrected chi connectivity index (χ1v) is 9.44. The second-order valence-corrected chi connectivity index (χ2v) is 7.68. The molecular formula is C18H15Cl2N3O2S. The highest BCUT2D eigenvalue weighted by molar-refractivity contribution is 8.00. The van der Waals surface area contributed by atoms with E-state index in [1.165, 1.54) is 11.8 Å². The van der Waals surface area contributed by atoms with Gasteiger partial charge in [0.1, 0.15) is 0 Å². The minimum absolute atomic E-state index is 0.123. The average Bonchev–Trinajstić information content (AvgIpc) is 3.10. The third-order valence-corrected chi connectivity index (χ3v) is 5.19. The fourth-order valence-electron chi connectivity index (χ4n) is 2.16. The smallest absolute Gasteiger partial charge is 0.246 e. The van der Waals surface area contributed by atoms with Gasteiger partial charge in [0.2, 0.25) is 17.6 Å². The molecule has 0 aliphatic carbocycles. The molecule has 3 aromatic rings. The Morgan fingerprint density at radius 3 is 2.65 bits per heavy atom. The monoisotopic (exact) mass is 407 g/mol. The van der Waals surface area contributed by atoms with Crippen molar-refractivity contribution in [1.29, 1.82) is 0 Å². The molecule has 1 aromatic heterocycles. The number of aromatic nitrogens is 2. The summed E-state index contributed by atoms with van der Waals surface area (Å²) in [6.45, 7) is 1.99. The van der Waals surface area contributed by atoms with E-state index >= 15 is 0 Å². The molecule has 0 spiro atoms. The first kappa shape index (κ1) is 18.8. The second kappa shape index (κ2) is 8.58. The molecule has 134 valence electrons. The standard InChI is InChI=1S/C18H15Cl2N3O2S/c1-11(26-13-8-6-12(19)7-9-13)18(24)21-10-16-22-17(23-25-16)14-4-2-3-5-15(14)20/h2-9,11H,10H2,1H3,(H,21,24). The molecule has 1 N–H and O–H groups in total. The maximum Gasteiger partial charge on any atom is 0.246 e. The lowest BCUT2D eigenvalue weighted by atomic mass is 10.2. The maximum atomic E-state index is 12.2. The van der Waals surface area contributed by atoms with E-state index in [9.17, 15) is 4.79 Å². The van der Waals surface area contributed by atoms with Crippen LogP contribution in [0.15, 0.2) is 57.9 Å². The molecule has 26 heavy (non-hydrogen) atoms. The van der Waals surface area contributed by atoms with Crippen LogP contribution in [0.5, 0.6) is 0 Å². The Bertz CT molecular complexity index is 899. The topological polar surface area (TPSA) is 68.0 Å². The zero-order chi connectivity index (χ0) is 18.5. The SMILES string of the molecule is CC(Sc1ccc(Cl)cc1)C(=O)NCc1nc(-c2ccccc2Cl)no1. The van der Waals surface area contributed by atoms with Gasteiger partial charge in [-0.3, -0.25) is 4.79 Å². The Balaban J connectivity index is 1.56. The summed E-state index contributed by atoms with van der Waals surface area (Å²) in [7, 11) is 0. The zero-order valence-corrected chi connectivity index (χ0v) is 16.1. The number of amides is 1. The number of halogens is 2. The normalized spacial score (nSPS) is 12.0. The number of carbonyl (C=O) groups is 1. The van der Waals surface area contributed by atoms with Crippen LogP contribution in [0.1, 0.15) is 12.8 Å². The summed E-state index contributed by atoms with van der Waals surface area (Å²) in [6, 6.07) is 14.6. The van der Waals surface area contributed by atoms with Gasteiger partial charge in [0.25, 0.3) is 0 Å². The molecule has 1 heterocycles. The molecule has 0 bridgehead atoms. The summed E-state index contributed by atoms with van der Waals surface area (Å²) in [5.74, 6) is 0.586. The average molecular weight is 408 g/mol. The molecule has 0 saturated heterocycles. The van der Waals surface area contributed by atoms with E-state index in [0.29, 0.717) is 27.3 Å². The maximum absolute atomic E-state index is 12.2. The van der Waals surface area contributed by atoms with Gasteiger partial charge >= 0.3 is 0 Å². The third kappa shape index (κ3) is 4.78. The molecule has 0 fully saturated rings. The Labute approximate surface area is 165 Å². The molecule has 0 aliphatic heterocycles. The quantitative estimate of drug-likeness (QED) is 0.591. The van der Waals surface area contributed by atoms with E-state index < -0.39 is 0 Å². The lowest BCUT2D eigenvalue weighted by Gasteiger charge is -2.10. The van der Waals surface area contributed by atoms with Crippen LogP contribution in [0.3, 0.4) is 0 Å². The Morgan fingerprint density at radius 1 is 1.19 bits per heavy atom. The zero-order valence-electron chi connectivity index (χ0n) is 13.8. The van der Waals surface area contributed by atoms with Crippen LogP contribution >= 0.6 is 35.0 Å². The minimum Gasteiger partial charge on any atom is -0.346 e. The molecule has 5 nitrogen and oxygen atoms in total. The van der Waals surface area contributed by atoms with Crippen molar-refractivity contribution < 1.29 is 9.32 Å². The first-order valence-electron chi connectivity index (χ1n) is 7.80. The van der Waals surface area contributed by atoms with Gasteiger partial charge in [0.15, 0.2) is 0 Å². The van der Waals surface area contributed by atoms with Gasteiger partial charge in [-0.15, -0.1) is 11.8 Å². The van der Waals surface area contributed by atoms with Crippen molar-refractivity contribution in [2.24, 2.45) is 0 Å². The number of nitrogens with zero attached hydrogens (tertiary/aromatic N) is 2. The highest BCUT2D eigenvalue weighted by Crippen LogP contribution is 2.26. The van der Waals surface area contributed by atoms with Crippen LogP contribution in [0.25, 0.3) is 11.4 Å². The van der Waals surface area contributed by atoms with Crippen LogP contribution in [0.2, 0.25) is 10.0 Å².